The van der Waals surface area contributed by atoms with Gasteiger partial charge in [0.05, 0.1) is 5.69 Å². The molecule has 4 N–H and O–H groups in total. The SMILES string of the molecule is Cc1cc(OC(N)=O)c(N)c2ccccc12. The van der Waals surface area contributed by atoms with Crippen molar-refractivity contribution in [2.24, 2.45) is 5.73 Å². The van der Waals surface area contributed by atoms with Gasteiger partial charge < -0.3 is 16.2 Å². The first-order valence-electron chi connectivity index (χ1n) is 4.84. The summed E-state index contributed by atoms with van der Waals surface area (Å²) < 4.78 is 4.85. The molecule has 0 aromatic heterocycles. The molecule has 4 heteroatoms. The number of carbonyl (C=O) groups excluding carboxylic acids is 1. The van der Waals surface area contributed by atoms with Crippen LogP contribution in [-0.4, -0.2) is 6.09 Å². The molecule has 0 heterocycles. The molecule has 0 saturated heterocycles. The topological polar surface area (TPSA) is 78.3 Å². The Kier molecular flexibility index (Phi) is 2.40. The van der Waals surface area contributed by atoms with Gasteiger partial charge in [0.2, 0.25) is 0 Å². The van der Waals surface area contributed by atoms with Crippen LogP contribution in [0.4, 0.5) is 10.5 Å². The monoisotopic (exact) mass is 216 g/mol. The van der Waals surface area contributed by atoms with Gasteiger partial charge in [-0.25, -0.2) is 4.79 Å². The smallest absolute Gasteiger partial charge is 0.408 e. The molecule has 1 amide bonds. The number of benzene rings is 2. The molecule has 0 saturated carbocycles. The molecule has 0 aliphatic rings. The van der Waals surface area contributed by atoms with Crippen molar-refractivity contribution in [1.29, 1.82) is 0 Å². The van der Waals surface area contributed by atoms with Gasteiger partial charge >= 0.3 is 6.09 Å². The molecule has 2 rings (SSSR count). The predicted octanol–water partition coefficient (Wildman–Crippen LogP) is 2.19. The number of nitrogen functional groups attached to an aromatic ring is 1. The number of aryl methyl sites for hydroxylation is 1. The third-order valence-corrected chi connectivity index (χ3v) is 2.47. The van der Waals surface area contributed by atoms with Crippen LogP contribution in [0.5, 0.6) is 5.75 Å². The Bertz CT molecular complexity index is 564. The van der Waals surface area contributed by atoms with Crippen LogP contribution in [0.2, 0.25) is 0 Å². The first-order valence-corrected chi connectivity index (χ1v) is 4.84. The van der Waals surface area contributed by atoms with Crippen molar-refractivity contribution in [2.75, 3.05) is 5.73 Å². The Hall–Kier alpha value is -2.23. The van der Waals surface area contributed by atoms with Crippen LogP contribution < -0.4 is 16.2 Å². The summed E-state index contributed by atoms with van der Waals surface area (Å²) in [6, 6.07) is 9.37. The van der Waals surface area contributed by atoms with E-state index in [2.05, 4.69) is 0 Å². The van der Waals surface area contributed by atoms with Gasteiger partial charge in [0.1, 0.15) is 0 Å². The van der Waals surface area contributed by atoms with E-state index in [1.807, 2.05) is 31.2 Å². The van der Waals surface area contributed by atoms with E-state index in [4.69, 9.17) is 16.2 Å². The number of primary amides is 1. The number of anilines is 1. The Labute approximate surface area is 92.8 Å². The van der Waals surface area contributed by atoms with Crippen LogP contribution in [-0.2, 0) is 0 Å². The van der Waals surface area contributed by atoms with Gasteiger partial charge in [0.15, 0.2) is 5.75 Å². The van der Waals surface area contributed by atoms with Crippen molar-refractivity contribution in [1.82, 2.24) is 0 Å². The van der Waals surface area contributed by atoms with Crippen molar-refractivity contribution in [3.63, 3.8) is 0 Å². The Balaban J connectivity index is 2.70. The maximum absolute atomic E-state index is 10.7. The van der Waals surface area contributed by atoms with Crippen LogP contribution in [0.3, 0.4) is 0 Å². The van der Waals surface area contributed by atoms with Crippen molar-refractivity contribution >= 4 is 22.6 Å². The van der Waals surface area contributed by atoms with Gasteiger partial charge in [-0.2, -0.15) is 0 Å². The summed E-state index contributed by atoms with van der Waals surface area (Å²) in [5.74, 6) is 0.309. The van der Waals surface area contributed by atoms with E-state index in [0.29, 0.717) is 11.4 Å². The second-order valence-electron chi connectivity index (χ2n) is 3.57. The fourth-order valence-corrected chi connectivity index (χ4v) is 1.74. The van der Waals surface area contributed by atoms with Crippen LogP contribution in [0, 0.1) is 6.92 Å². The Morgan fingerprint density at radius 2 is 1.88 bits per heavy atom. The lowest BCUT2D eigenvalue weighted by Crippen LogP contribution is -2.17. The van der Waals surface area contributed by atoms with E-state index in [-0.39, 0.29) is 0 Å². The highest BCUT2D eigenvalue weighted by atomic mass is 16.5. The summed E-state index contributed by atoms with van der Waals surface area (Å²) in [6.45, 7) is 1.93. The summed E-state index contributed by atoms with van der Waals surface area (Å²) in [4.78, 5) is 10.7. The molecule has 82 valence electrons. The van der Waals surface area contributed by atoms with Crippen molar-refractivity contribution in [2.45, 2.75) is 6.92 Å². The van der Waals surface area contributed by atoms with Gasteiger partial charge in [0, 0.05) is 5.39 Å². The van der Waals surface area contributed by atoms with Gasteiger partial charge in [-0.05, 0) is 23.9 Å². The minimum absolute atomic E-state index is 0.309. The molecular weight excluding hydrogens is 204 g/mol. The quantitative estimate of drug-likeness (QED) is 0.717. The zero-order chi connectivity index (χ0) is 11.7. The van der Waals surface area contributed by atoms with Gasteiger partial charge in [-0.3, -0.25) is 0 Å². The van der Waals surface area contributed by atoms with E-state index in [1.54, 1.807) is 6.07 Å². The number of ether oxygens (including phenoxy) is 1. The number of nitrogens with two attached hydrogens (primary N) is 2. The molecule has 0 atom stereocenters. The predicted molar refractivity (Wildman–Crippen MR) is 63.3 cm³/mol. The normalized spacial score (nSPS) is 10.3. The van der Waals surface area contributed by atoms with Gasteiger partial charge in [0.25, 0.3) is 0 Å². The van der Waals surface area contributed by atoms with Crippen LogP contribution in [0.25, 0.3) is 10.8 Å². The van der Waals surface area contributed by atoms with Crippen molar-refractivity contribution in [3.8, 4) is 5.75 Å². The molecule has 2 aromatic carbocycles. The molecule has 16 heavy (non-hydrogen) atoms. The molecule has 0 radical (unpaired) electrons. The minimum atomic E-state index is -0.860. The second-order valence-corrected chi connectivity index (χ2v) is 3.57. The maximum atomic E-state index is 10.7. The molecule has 0 aliphatic heterocycles. The molecule has 0 fully saturated rings. The highest BCUT2D eigenvalue weighted by molar-refractivity contribution is 5.98. The highest BCUT2D eigenvalue weighted by Gasteiger charge is 2.09. The number of carbonyl (C=O) groups is 1. The molecule has 0 spiro atoms. The summed E-state index contributed by atoms with van der Waals surface area (Å²) in [5, 5.41) is 1.90. The minimum Gasteiger partial charge on any atom is -0.408 e. The third-order valence-electron chi connectivity index (χ3n) is 2.47. The first kappa shape index (κ1) is 10.3. The fraction of sp³-hybridized carbons (Fsp3) is 0.0833. The largest absolute Gasteiger partial charge is 0.410 e. The molecule has 0 bridgehead atoms. The zero-order valence-electron chi connectivity index (χ0n) is 8.86. The molecule has 2 aromatic rings. The Morgan fingerprint density at radius 3 is 2.50 bits per heavy atom. The summed E-state index contributed by atoms with van der Waals surface area (Å²) in [7, 11) is 0. The van der Waals surface area contributed by atoms with E-state index in [0.717, 1.165) is 16.3 Å². The lowest BCUT2D eigenvalue weighted by molar-refractivity contribution is 0.211. The first-order chi connectivity index (χ1) is 7.59. The standard InChI is InChI=1S/C12H12N2O2/c1-7-6-10(16-12(14)15)11(13)9-5-3-2-4-8(7)9/h2-6H,13H2,1H3,(H2,14,15). The highest BCUT2D eigenvalue weighted by Crippen LogP contribution is 2.33. The molecule has 0 aliphatic carbocycles. The lowest BCUT2D eigenvalue weighted by Gasteiger charge is -2.10. The number of fused-ring (bicyclic) bond motifs is 1. The number of hydrogen-bond acceptors (Lipinski definition) is 3. The average Bonchev–Trinajstić information content (AvgIpc) is 2.25. The van der Waals surface area contributed by atoms with E-state index in [1.165, 1.54) is 0 Å². The van der Waals surface area contributed by atoms with Crippen molar-refractivity contribution < 1.29 is 9.53 Å². The van der Waals surface area contributed by atoms with Crippen molar-refractivity contribution in [3.05, 3.63) is 35.9 Å². The summed E-state index contributed by atoms with van der Waals surface area (Å²) >= 11 is 0. The fourth-order valence-electron chi connectivity index (χ4n) is 1.74. The maximum Gasteiger partial charge on any atom is 0.410 e. The van der Waals surface area contributed by atoms with Crippen LogP contribution >= 0.6 is 0 Å². The van der Waals surface area contributed by atoms with Gasteiger partial charge in [-0.15, -0.1) is 0 Å². The second kappa shape index (κ2) is 3.73. The number of hydrogen-bond donors (Lipinski definition) is 2. The third kappa shape index (κ3) is 1.65. The molecule has 4 nitrogen and oxygen atoms in total. The van der Waals surface area contributed by atoms with E-state index in [9.17, 15) is 4.79 Å². The summed E-state index contributed by atoms with van der Waals surface area (Å²) in [6.07, 6.45) is -0.860. The van der Waals surface area contributed by atoms with Crippen LogP contribution in [0.15, 0.2) is 30.3 Å². The van der Waals surface area contributed by atoms with E-state index < -0.39 is 6.09 Å². The van der Waals surface area contributed by atoms with Crippen LogP contribution in [0.1, 0.15) is 5.56 Å². The molecular formula is C12H12N2O2. The zero-order valence-corrected chi connectivity index (χ0v) is 8.86. The van der Waals surface area contributed by atoms with Gasteiger partial charge in [-0.1, -0.05) is 24.3 Å². The average molecular weight is 216 g/mol. The lowest BCUT2D eigenvalue weighted by atomic mass is 10.0. The van der Waals surface area contributed by atoms with E-state index >= 15 is 0 Å². The number of amides is 1. The molecule has 0 unspecified atom stereocenters. The summed E-state index contributed by atoms with van der Waals surface area (Å²) in [5.41, 5.74) is 12.3. The number of rotatable bonds is 1. The Morgan fingerprint density at radius 1 is 1.25 bits per heavy atom.